The van der Waals surface area contributed by atoms with Gasteiger partial charge >= 0.3 is 0 Å². The minimum absolute atomic E-state index is 0.630. The smallest absolute Gasteiger partial charge is 0.126 e. The van der Waals surface area contributed by atoms with Gasteiger partial charge in [-0.1, -0.05) is 23.2 Å². The monoisotopic (exact) mass is 244 g/mol. The zero-order valence-electron chi connectivity index (χ0n) is 7.00. The lowest BCUT2D eigenvalue weighted by Crippen LogP contribution is -1.85. The topological polar surface area (TPSA) is 38.9 Å². The summed E-state index contributed by atoms with van der Waals surface area (Å²) >= 11 is 13.2. The molecule has 0 fully saturated rings. The molecule has 0 radical (unpaired) electrons. The Balaban J connectivity index is 2.55. The molecule has 1 aromatic heterocycles. The summed E-state index contributed by atoms with van der Waals surface area (Å²) < 4.78 is 0.637. The Labute approximate surface area is 95.3 Å². The van der Waals surface area contributed by atoms with E-state index in [2.05, 4.69) is 4.98 Å². The van der Waals surface area contributed by atoms with E-state index in [1.54, 1.807) is 24.4 Å². The number of nitrogens with zero attached hydrogens (tertiary/aromatic N) is 1. The fourth-order valence-electron chi connectivity index (χ4n) is 1.09. The third kappa shape index (κ3) is 1.85. The van der Waals surface area contributed by atoms with Gasteiger partial charge in [-0.25, -0.2) is 4.98 Å². The summed E-state index contributed by atoms with van der Waals surface area (Å²) in [7, 11) is 0. The lowest BCUT2D eigenvalue weighted by Gasteiger charge is -2.00. The molecule has 0 saturated heterocycles. The number of nitrogen functional groups attached to an aromatic ring is 1. The second-order valence-electron chi connectivity index (χ2n) is 2.71. The van der Waals surface area contributed by atoms with Gasteiger partial charge < -0.3 is 5.73 Å². The number of nitrogens with two attached hydrogens (primary N) is 1. The lowest BCUT2D eigenvalue weighted by molar-refractivity contribution is 1.41. The van der Waals surface area contributed by atoms with Gasteiger partial charge in [0.05, 0.1) is 11.2 Å². The van der Waals surface area contributed by atoms with E-state index in [0.717, 1.165) is 10.6 Å². The molecule has 0 aliphatic heterocycles. The van der Waals surface area contributed by atoms with Crippen LogP contribution in [0, 0.1) is 0 Å². The fourth-order valence-corrected chi connectivity index (χ4v) is 2.29. The average molecular weight is 245 g/mol. The molecule has 0 atom stereocenters. The Bertz CT molecular complexity index is 468. The Hall–Kier alpha value is -0.770. The van der Waals surface area contributed by atoms with Crippen molar-refractivity contribution in [3.8, 4) is 10.6 Å². The molecule has 5 heteroatoms. The van der Waals surface area contributed by atoms with Gasteiger partial charge in [-0.3, -0.25) is 0 Å². The van der Waals surface area contributed by atoms with Gasteiger partial charge in [-0.2, -0.15) is 0 Å². The van der Waals surface area contributed by atoms with Crippen molar-refractivity contribution in [2.75, 3.05) is 5.73 Å². The standard InChI is InChI=1S/C9H6Cl2N2S/c10-7-2-1-5(12)3-6(7)9-13-4-8(11)14-9/h1-4H,12H2. The van der Waals surface area contributed by atoms with Crippen LogP contribution >= 0.6 is 34.5 Å². The van der Waals surface area contributed by atoms with E-state index in [1.165, 1.54) is 11.3 Å². The molecule has 14 heavy (non-hydrogen) atoms. The Morgan fingerprint density at radius 2 is 2.07 bits per heavy atom. The second-order valence-corrected chi connectivity index (χ2v) is 4.78. The first kappa shape index (κ1) is 9.77. The molecule has 0 unspecified atom stereocenters. The van der Waals surface area contributed by atoms with Crippen LogP contribution in [-0.4, -0.2) is 4.98 Å². The van der Waals surface area contributed by atoms with Crippen molar-refractivity contribution in [2.24, 2.45) is 0 Å². The first-order valence-corrected chi connectivity index (χ1v) is 5.41. The molecule has 0 aliphatic carbocycles. The SMILES string of the molecule is Nc1ccc(Cl)c(-c2ncc(Cl)s2)c1. The van der Waals surface area contributed by atoms with Crippen molar-refractivity contribution in [1.29, 1.82) is 0 Å². The highest BCUT2D eigenvalue weighted by atomic mass is 35.5. The van der Waals surface area contributed by atoms with Crippen LogP contribution in [0.15, 0.2) is 24.4 Å². The largest absolute Gasteiger partial charge is 0.399 e. The number of thiazole rings is 1. The summed E-state index contributed by atoms with van der Waals surface area (Å²) in [4.78, 5) is 4.13. The number of benzene rings is 1. The Morgan fingerprint density at radius 1 is 1.29 bits per heavy atom. The Morgan fingerprint density at radius 3 is 2.71 bits per heavy atom. The van der Waals surface area contributed by atoms with Crippen LogP contribution in [0.25, 0.3) is 10.6 Å². The van der Waals surface area contributed by atoms with Crippen LogP contribution in [-0.2, 0) is 0 Å². The van der Waals surface area contributed by atoms with E-state index in [4.69, 9.17) is 28.9 Å². The van der Waals surface area contributed by atoms with Crippen molar-refractivity contribution in [2.45, 2.75) is 0 Å². The van der Waals surface area contributed by atoms with Crippen LogP contribution in [0.1, 0.15) is 0 Å². The van der Waals surface area contributed by atoms with E-state index in [1.807, 2.05) is 0 Å². The highest BCUT2D eigenvalue weighted by Gasteiger charge is 2.07. The quantitative estimate of drug-likeness (QED) is 0.778. The first-order chi connectivity index (χ1) is 6.66. The number of rotatable bonds is 1. The van der Waals surface area contributed by atoms with Crippen LogP contribution < -0.4 is 5.73 Å². The summed E-state index contributed by atoms with van der Waals surface area (Å²) in [6, 6.07) is 5.29. The molecule has 2 aromatic rings. The van der Waals surface area contributed by atoms with Crippen molar-refractivity contribution < 1.29 is 0 Å². The summed E-state index contributed by atoms with van der Waals surface area (Å²) in [6.07, 6.45) is 1.60. The molecular formula is C9H6Cl2N2S. The maximum Gasteiger partial charge on any atom is 0.126 e. The molecule has 72 valence electrons. The molecule has 1 heterocycles. The summed E-state index contributed by atoms with van der Waals surface area (Å²) in [5, 5.41) is 1.41. The minimum atomic E-state index is 0.630. The van der Waals surface area contributed by atoms with Gasteiger partial charge in [0, 0.05) is 11.3 Å². The van der Waals surface area contributed by atoms with Gasteiger partial charge in [-0.05, 0) is 18.2 Å². The van der Waals surface area contributed by atoms with E-state index >= 15 is 0 Å². The number of aromatic nitrogens is 1. The number of halogens is 2. The maximum absolute atomic E-state index is 6.01. The van der Waals surface area contributed by atoms with E-state index < -0.39 is 0 Å². The molecule has 1 aromatic carbocycles. The fraction of sp³-hybridized carbons (Fsp3) is 0. The summed E-state index contributed by atoms with van der Waals surface area (Å²) in [5.74, 6) is 0. The lowest BCUT2D eigenvalue weighted by atomic mass is 10.2. The molecule has 0 amide bonds. The van der Waals surface area contributed by atoms with Crippen molar-refractivity contribution in [1.82, 2.24) is 4.98 Å². The first-order valence-electron chi connectivity index (χ1n) is 3.83. The number of hydrogen-bond acceptors (Lipinski definition) is 3. The zero-order valence-corrected chi connectivity index (χ0v) is 9.33. The van der Waals surface area contributed by atoms with E-state index in [-0.39, 0.29) is 0 Å². The van der Waals surface area contributed by atoms with Gasteiger partial charge in [0.2, 0.25) is 0 Å². The maximum atomic E-state index is 6.01. The molecule has 2 N–H and O–H groups in total. The highest BCUT2D eigenvalue weighted by molar-refractivity contribution is 7.18. The molecule has 0 spiro atoms. The van der Waals surface area contributed by atoms with Crippen LogP contribution in [0.3, 0.4) is 0 Å². The predicted molar refractivity (Wildman–Crippen MR) is 62.0 cm³/mol. The molecule has 0 saturated carbocycles. The third-order valence-electron chi connectivity index (χ3n) is 1.70. The van der Waals surface area contributed by atoms with Gasteiger partial charge in [0.1, 0.15) is 9.34 Å². The molecule has 2 nitrogen and oxygen atoms in total. The summed E-state index contributed by atoms with van der Waals surface area (Å²) in [6.45, 7) is 0. The predicted octanol–water partition coefficient (Wildman–Crippen LogP) is 3.70. The van der Waals surface area contributed by atoms with Gasteiger partial charge in [0.15, 0.2) is 0 Å². The summed E-state index contributed by atoms with van der Waals surface area (Å²) in [5.41, 5.74) is 7.14. The normalized spacial score (nSPS) is 10.4. The molecule has 2 rings (SSSR count). The second kappa shape index (κ2) is 3.77. The molecule has 0 bridgehead atoms. The molecular weight excluding hydrogens is 239 g/mol. The number of hydrogen-bond donors (Lipinski definition) is 1. The molecule has 0 aliphatic rings. The highest BCUT2D eigenvalue weighted by Crippen LogP contribution is 2.34. The third-order valence-corrected chi connectivity index (χ3v) is 3.18. The zero-order chi connectivity index (χ0) is 10.1. The van der Waals surface area contributed by atoms with Gasteiger partial charge in [-0.15, -0.1) is 11.3 Å². The van der Waals surface area contributed by atoms with Crippen LogP contribution in [0.5, 0.6) is 0 Å². The van der Waals surface area contributed by atoms with Crippen LogP contribution in [0.2, 0.25) is 9.36 Å². The van der Waals surface area contributed by atoms with Crippen molar-refractivity contribution in [3.63, 3.8) is 0 Å². The van der Waals surface area contributed by atoms with Crippen LogP contribution in [0.4, 0.5) is 5.69 Å². The van der Waals surface area contributed by atoms with E-state index in [9.17, 15) is 0 Å². The van der Waals surface area contributed by atoms with Gasteiger partial charge in [0.25, 0.3) is 0 Å². The van der Waals surface area contributed by atoms with E-state index in [0.29, 0.717) is 15.0 Å². The Kier molecular flexibility index (Phi) is 2.63. The average Bonchev–Trinajstić information content (AvgIpc) is 2.56. The number of anilines is 1. The van der Waals surface area contributed by atoms with Crippen molar-refractivity contribution >= 4 is 40.2 Å². The van der Waals surface area contributed by atoms with Crippen molar-refractivity contribution in [3.05, 3.63) is 33.8 Å². The minimum Gasteiger partial charge on any atom is -0.399 e.